The fraction of sp³-hybridized carbons (Fsp3) is 0.909. The van der Waals surface area contributed by atoms with Crippen molar-refractivity contribution in [1.29, 1.82) is 0 Å². The summed E-state index contributed by atoms with van der Waals surface area (Å²) in [6.07, 6.45) is 3.39. The molecule has 2 heterocycles. The molecule has 0 spiro atoms. The van der Waals surface area contributed by atoms with Gasteiger partial charge in [0.1, 0.15) is 5.54 Å². The van der Waals surface area contributed by atoms with Gasteiger partial charge in [0.15, 0.2) is 0 Å². The van der Waals surface area contributed by atoms with Gasteiger partial charge in [-0.3, -0.25) is 4.79 Å². The van der Waals surface area contributed by atoms with Crippen molar-refractivity contribution in [2.45, 2.75) is 37.8 Å². The lowest BCUT2D eigenvalue weighted by atomic mass is 9.89. The molecule has 0 aromatic carbocycles. The van der Waals surface area contributed by atoms with Crippen molar-refractivity contribution in [3.05, 3.63) is 0 Å². The second-order valence-electron chi connectivity index (χ2n) is 4.87. The molecule has 0 bridgehead atoms. The van der Waals surface area contributed by atoms with Crippen LogP contribution in [0.3, 0.4) is 0 Å². The molecule has 86 valence electrons. The standard InChI is InChI=1S/C11H20N2O2/c1-11(10(14)15-2)6-8(7-13-11)9-4-3-5-12-9/h8-9,12-13H,3-7H2,1-2H3. The minimum Gasteiger partial charge on any atom is -0.468 e. The third-order valence-corrected chi connectivity index (χ3v) is 3.73. The van der Waals surface area contributed by atoms with Crippen molar-refractivity contribution in [2.75, 3.05) is 20.2 Å². The van der Waals surface area contributed by atoms with Crippen LogP contribution in [0.1, 0.15) is 26.2 Å². The van der Waals surface area contributed by atoms with Crippen LogP contribution in [-0.2, 0) is 9.53 Å². The summed E-state index contributed by atoms with van der Waals surface area (Å²) in [6.45, 7) is 3.98. The second kappa shape index (κ2) is 4.10. The fourth-order valence-corrected chi connectivity index (χ4v) is 2.80. The Hall–Kier alpha value is -0.610. The van der Waals surface area contributed by atoms with E-state index in [0.717, 1.165) is 19.5 Å². The summed E-state index contributed by atoms with van der Waals surface area (Å²) in [5, 5.41) is 6.80. The summed E-state index contributed by atoms with van der Waals surface area (Å²) in [6, 6.07) is 0.587. The van der Waals surface area contributed by atoms with E-state index < -0.39 is 5.54 Å². The van der Waals surface area contributed by atoms with Crippen LogP contribution in [0.5, 0.6) is 0 Å². The molecule has 0 aromatic rings. The van der Waals surface area contributed by atoms with Crippen molar-refractivity contribution < 1.29 is 9.53 Å². The Bertz CT molecular complexity index is 251. The van der Waals surface area contributed by atoms with Gasteiger partial charge >= 0.3 is 5.97 Å². The van der Waals surface area contributed by atoms with E-state index in [1.54, 1.807) is 0 Å². The smallest absolute Gasteiger partial charge is 0.325 e. The molecule has 0 aromatic heterocycles. The molecule has 2 aliphatic heterocycles. The largest absolute Gasteiger partial charge is 0.468 e. The summed E-state index contributed by atoms with van der Waals surface area (Å²) < 4.78 is 4.83. The summed E-state index contributed by atoms with van der Waals surface area (Å²) >= 11 is 0. The van der Waals surface area contributed by atoms with Gasteiger partial charge in [0.05, 0.1) is 7.11 Å². The average Bonchev–Trinajstić information content (AvgIpc) is 2.85. The topological polar surface area (TPSA) is 50.4 Å². The normalized spacial score (nSPS) is 40.7. The van der Waals surface area contributed by atoms with Gasteiger partial charge in [0.2, 0.25) is 0 Å². The van der Waals surface area contributed by atoms with Crippen molar-refractivity contribution in [1.82, 2.24) is 10.6 Å². The van der Waals surface area contributed by atoms with Gasteiger partial charge in [-0.15, -0.1) is 0 Å². The molecule has 2 N–H and O–H groups in total. The van der Waals surface area contributed by atoms with Crippen LogP contribution in [-0.4, -0.2) is 37.7 Å². The van der Waals surface area contributed by atoms with Gasteiger partial charge in [0.25, 0.3) is 0 Å². The molecule has 4 heteroatoms. The Morgan fingerprint density at radius 1 is 1.53 bits per heavy atom. The van der Waals surface area contributed by atoms with Crippen molar-refractivity contribution in [3.8, 4) is 0 Å². The van der Waals surface area contributed by atoms with Crippen LogP contribution in [0, 0.1) is 5.92 Å². The first-order chi connectivity index (χ1) is 7.15. The number of carbonyl (C=O) groups is 1. The number of esters is 1. The molecule has 2 aliphatic rings. The summed E-state index contributed by atoms with van der Waals surface area (Å²) in [5.41, 5.74) is -0.469. The minimum atomic E-state index is -0.469. The van der Waals surface area contributed by atoms with E-state index in [9.17, 15) is 4.79 Å². The van der Waals surface area contributed by atoms with Crippen molar-refractivity contribution in [3.63, 3.8) is 0 Å². The highest BCUT2D eigenvalue weighted by molar-refractivity contribution is 5.80. The first-order valence-corrected chi connectivity index (χ1v) is 5.72. The Morgan fingerprint density at radius 2 is 2.33 bits per heavy atom. The maximum atomic E-state index is 11.6. The number of rotatable bonds is 2. The summed E-state index contributed by atoms with van der Waals surface area (Å²) in [7, 11) is 1.45. The van der Waals surface area contributed by atoms with Crippen LogP contribution in [0.15, 0.2) is 0 Å². The predicted octanol–water partition coefficient (Wildman–Crippen LogP) is 0.280. The van der Waals surface area contributed by atoms with Gasteiger partial charge in [-0.05, 0) is 38.6 Å². The molecule has 0 radical (unpaired) electrons. The average molecular weight is 212 g/mol. The molecule has 3 unspecified atom stereocenters. The summed E-state index contributed by atoms with van der Waals surface area (Å²) in [5.74, 6) is 0.430. The number of ether oxygens (including phenoxy) is 1. The van der Waals surface area contributed by atoms with Gasteiger partial charge in [-0.1, -0.05) is 0 Å². The van der Waals surface area contributed by atoms with Gasteiger partial charge in [-0.2, -0.15) is 0 Å². The quantitative estimate of drug-likeness (QED) is 0.646. The lowest BCUT2D eigenvalue weighted by Gasteiger charge is -2.22. The zero-order chi connectivity index (χ0) is 10.9. The molecule has 4 nitrogen and oxygen atoms in total. The van der Waals surface area contributed by atoms with Crippen LogP contribution < -0.4 is 10.6 Å². The van der Waals surface area contributed by atoms with E-state index >= 15 is 0 Å². The molecule has 0 saturated carbocycles. The van der Waals surface area contributed by atoms with Crippen LogP contribution in [0.4, 0.5) is 0 Å². The highest BCUT2D eigenvalue weighted by Crippen LogP contribution is 2.30. The Kier molecular flexibility index (Phi) is 2.98. The molecular formula is C11H20N2O2. The number of carbonyl (C=O) groups excluding carboxylic acids is 1. The van der Waals surface area contributed by atoms with E-state index in [4.69, 9.17) is 4.74 Å². The highest BCUT2D eigenvalue weighted by Gasteiger charge is 2.44. The second-order valence-corrected chi connectivity index (χ2v) is 4.87. The zero-order valence-corrected chi connectivity index (χ0v) is 9.51. The number of methoxy groups -OCH3 is 1. The Labute approximate surface area is 90.8 Å². The molecule has 3 atom stereocenters. The van der Waals surface area contributed by atoms with Crippen LogP contribution in [0.2, 0.25) is 0 Å². The van der Waals surface area contributed by atoms with E-state index in [1.807, 2.05) is 6.92 Å². The first-order valence-electron chi connectivity index (χ1n) is 5.72. The highest BCUT2D eigenvalue weighted by atomic mass is 16.5. The number of hydrogen-bond acceptors (Lipinski definition) is 4. The molecule has 2 fully saturated rings. The maximum Gasteiger partial charge on any atom is 0.325 e. The lowest BCUT2D eigenvalue weighted by Crippen LogP contribution is -2.45. The van der Waals surface area contributed by atoms with Gasteiger partial charge < -0.3 is 15.4 Å². The monoisotopic (exact) mass is 212 g/mol. The van der Waals surface area contributed by atoms with E-state index in [1.165, 1.54) is 20.0 Å². The third-order valence-electron chi connectivity index (χ3n) is 3.73. The van der Waals surface area contributed by atoms with Crippen molar-refractivity contribution in [2.24, 2.45) is 5.92 Å². The Balaban J connectivity index is 1.96. The van der Waals surface area contributed by atoms with Crippen LogP contribution in [0.25, 0.3) is 0 Å². The van der Waals surface area contributed by atoms with Gasteiger partial charge in [0, 0.05) is 12.6 Å². The fourth-order valence-electron chi connectivity index (χ4n) is 2.80. The zero-order valence-electron chi connectivity index (χ0n) is 9.51. The lowest BCUT2D eigenvalue weighted by molar-refractivity contribution is -0.147. The van der Waals surface area contributed by atoms with Crippen LogP contribution >= 0.6 is 0 Å². The van der Waals surface area contributed by atoms with E-state index in [-0.39, 0.29) is 5.97 Å². The van der Waals surface area contributed by atoms with Gasteiger partial charge in [-0.25, -0.2) is 0 Å². The molecule has 0 amide bonds. The molecule has 2 rings (SSSR count). The van der Waals surface area contributed by atoms with E-state index in [2.05, 4.69) is 10.6 Å². The first kappa shape index (κ1) is 10.9. The number of nitrogens with one attached hydrogen (secondary N) is 2. The Morgan fingerprint density at radius 3 is 2.93 bits per heavy atom. The maximum absolute atomic E-state index is 11.6. The van der Waals surface area contributed by atoms with Crippen molar-refractivity contribution >= 4 is 5.97 Å². The molecule has 0 aliphatic carbocycles. The molecule has 2 saturated heterocycles. The molecule has 15 heavy (non-hydrogen) atoms. The number of hydrogen-bond donors (Lipinski definition) is 2. The summed E-state index contributed by atoms with van der Waals surface area (Å²) in [4.78, 5) is 11.6. The molecular weight excluding hydrogens is 192 g/mol. The van der Waals surface area contributed by atoms with E-state index in [0.29, 0.717) is 12.0 Å². The third kappa shape index (κ3) is 2.01. The predicted molar refractivity (Wildman–Crippen MR) is 57.6 cm³/mol. The minimum absolute atomic E-state index is 0.136. The SMILES string of the molecule is COC(=O)C1(C)CC(C2CCCN2)CN1.